The molecule has 0 spiro atoms. The Bertz CT molecular complexity index is 3230. The first-order valence-corrected chi connectivity index (χ1v) is 18.7. The quantitative estimate of drug-likeness (QED) is 0.106. The van der Waals surface area contributed by atoms with Crippen molar-refractivity contribution in [2.45, 2.75) is 18.7 Å². The summed E-state index contributed by atoms with van der Waals surface area (Å²) in [7, 11) is -4.52. The van der Waals surface area contributed by atoms with Gasteiger partial charge in [-0.3, -0.25) is 4.55 Å². The van der Waals surface area contributed by atoms with E-state index in [9.17, 15) is 13.0 Å². The molecule has 4 aromatic heterocycles. The maximum Gasteiger partial charge on any atom is 0.294 e. The molecule has 10 rings (SSSR count). The van der Waals surface area contributed by atoms with Gasteiger partial charge in [0.15, 0.2) is 0 Å². The lowest BCUT2D eigenvalue weighted by Crippen LogP contribution is -1.99. The molecular formula is C42H30N8O3S. The zero-order valence-corrected chi connectivity index (χ0v) is 29.7. The van der Waals surface area contributed by atoms with Crippen LogP contribution < -0.4 is 0 Å². The van der Waals surface area contributed by atoms with E-state index in [1.807, 2.05) is 85.8 Å². The van der Waals surface area contributed by atoms with E-state index in [0.29, 0.717) is 28.3 Å². The molecule has 6 aromatic carbocycles. The highest BCUT2D eigenvalue weighted by Gasteiger charge is 2.18. The Morgan fingerprint density at radius 2 is 0.741 bits per heavy atom. The van der Waals surface area contributed by atoms with Gasteiger partial charge in [0.1, 0.15) is 23.3 Å². The predicted octanol–water partition coefficient (Wildman–Crippen LogP) is 9.39. The van der Waals surface area contributed by atoms with E-state index in [2.05, 4.69) is 50.0 Å². The highest BCUT2D eigenvalue weighted by atomic mass is 32.2. The van der Waals surface area contributed by atoms with E-state index in [0.717, 1.165) is 78.1 Å². The van der Waals surface area contributed by atoms with E-state index >= 15 is 0 Å². The van der Waals surface area contributed by atoms with Crippen molar-refractivity contribution in [1.29, 1.82) is 0 Å². The Labute approximate surface area is 308 Å². The molecule has 0 aliphatic carbocycles. The molecule has 0 unspecified atom stereocenters. The van der Waals surface area contributed by atoms with Gasteiger partial charge in [-0.05, 0) is 103 Å². The van der Waals surface area contributed by atoms with Crippen LogP contribution in [-0.4, -0.2) is 52.8 Å². The molecular weight excluding hydrogens is 697 g/mol. The summed E-state index contributed by atoms with van der Waals surface area (Å²) < 4.78 is 34.7. The first-order valence-electron chi connectivity index (χ1n) is 17.3. The molecule has 0 bridgehead atoms. The summed E-state index contributed by atoms with van der Waals surface area (Å²) in [5.41, 5.74) is 13.8. The van der Waals surface area contributed by atoms with E-state index in [1.165, 1.54) is 17.7 Å². The Morgan fingerprint density at radius 3 is 1.13 bits per heavy atom. The molecule has 4 heterocycles. The Kier molecular flexibility index (Phi) is 6.96. The molecule has 0 aliphatic rings. The van der Waals surface area contributed by atoms with Crippen molar-refractivity contribution in [3.8, 4) is 56.7 Å². The molecule has 0 amide bonds. The van der Waals surface area contributed by atoms with Gasteiger partial charge >= 0.3 is 0 Å². The number of benzene rings is 6. The van der Waals surface area contributed by atoms with Crippen LogP contribution >= 0.6 is 0 Å². The van der Waals surface area contributed by atoms with Gasteiger partial charge in [0.25, 0.3) is 10.1 Å². The van der Waals surface area contributed by atoms with Crippen molar-refractivity contribution < 1.29 is 13.0 Å². The number of nitrogens with one attached hydrogen (secondary N) is 4. The molecule has 10 aromatic rings. The average Bonchev–Trinajstić information content (AvgIpc) is 3.97. The fourth-order valence-electron chi connectivity index (χ4n) is 6.96. The second-order valence-electron chi connectivity index (χ2n) is 13.6. The van der Waals surface area contributed by atoms with Gasteiger partial charge in [-0.15, -0.1) is 0 Å². The lowest BCUT2D eigenvalue weighted by Gasteiger charge is -2.05. The summed E-state index contributed by atoms with van der Waals surface area (Å²) in [6.45, 7) is 4.04. The van der Waals surface area contributed by atoms with Gasteiger partial charge in [0, 0.05) is 22.3 Å². The first-order chi connectivity index (χ1) is 26.1. The molecule has 54 heavy (non-hydrogen) atoms. The van der Waals surface area contributed by atoms with Crippen LogP contribution in [0.5, 0.6) is 0 Å². The molecule has 0 saturated carbocycles. The molecule has 5 N–H and O–H groups in total. The Morgan fingerprint density at radius 1 is 0.407 bits per heavy atom. The molecule has 0 atom stereocenters. The van der Waals surface area contributed by atoms with Gasteiger partial charge in [-0.2, -0.15) is 8.42 Å². The average molecular weight is 727 g/mol. The topological polar surface area (TPSA) is 169 Å². The zero-order valence-electron chi connectivity index (χ0n) is 28.9. The first kappa shape index (κ1) is 31.8. The molecule has 0 saturated heterocycles. The molecule has 262 valence electrons. The van der Waals surface area contributed by atoms with E-state index in [-0.39, 0.29) is 4.90 Å². The normalized spacial score (nSPS) is 12.1. The third-order valence-electron chi connectivity index (χ3n) is 9.76. The van der Waals surface area contributed by atoms with Crippen LogP contribution in [0.3, 0.4) is 0 Å². The second-order valence-corrected chi connectivity index (χ2v) is 15.1. The van der Waals surface area contributed by atoms with Crippen LogP contribution in [0.2, 0.25) is 0 Å². The molecule has 0 fully saturated rings. The standard InChI is InChI=1S/C42H30N8O3S/c1-22-3-11-31-35(15-22)47-39(43-31)24-5-7-25(8-6-24)40-44-33-13-9-26(20-37(33)49-40)27-10-14-34-38(21-27)50-42(46-34)29-17-28(18-30(19-29)54(51,52)53)41-45-32-12-4-23(2)16-36(32)48-41/h3-21H,1-2H3,(H,43,47)(H,44,49)(H,45,48)(H,46,50)(H,51,52,53). The fourth-order valence-corrected chi connectivity index (χ4v) is 7.51. The summed E-state index contributed by atoms with van der Waals surface area (Å²) in [6.07, 6.45) is 0. The Hall–Kier alpha value is -6.89. The number of imidazole rings is 4. The van der Waals surface area contributed by atoms with Gasteiger partial charge in [0.05, 0.1) is 49.0 Å². The largest absolute Gasteiger partial charge is 0.338 e. The van der Waals surface area contributed by atoms with E-state index in [4.69, 9.17) is 15.0 Å². The van der Waals surface area contributed by atoms with E-state index < -0.39 is 10.1 Å². The SMILES string of the molecule is Cc1ccc2[nH]c(-c3ccc(-c4nc5cc(-c6ccc7[nH]c(-c8cc(-c9nc%10cc(C)ccc%10[nH]9)cc(S(=O)(=O)O)c8)nc7c6)ccc5[nH]4)cc3)nc2c1. The minimum Gasteiger partial charge on any atom is -0.338 e. The van der Waals surface area contributed by atoms with Gasteiger partial charge < -0.3 is 19.9 Å². The number of hydrogen-bond donors (Lipinski definition) is 5. The smallest absolute Gasteiger partial charge is 0.294 e. The number of aromatic nitrogens is 8. The van der Waals surface area contributed by atoms with Gasteiger partial charge in [-0.1, -0.05) is 48.5 Å². The maximum atomic E-state index is 12.4. The molecule has 0 aliphatic heterocycles. The number of aromatic amines is 4. The molecule has 12 heteroatoms. The minimum absolute atomic E-state index is 0.253. The lowest BCUT2D eigenvalue weighted by atomic mass is 10.0. The van der Waals surface area contributed by atoms with E-state index in [1.54, 1.807) is 6.07 Å². The second kappa shape index (κ2) is 11.8. The summed E-state index contributed by atoms with van der Waals surface area (Å²) in [6, 6.07) is 36.9. The van der Waals surface area contributed by atoms with Crippen LogP contribution in [0.25, 0.3) is 101 Å². The molecule has 11 nitrogen and oxygen atoms in total. The predicted molar refractivity (Wildman–Crippen MR) is 212 cm³/mol. The van der Waals surface area contributed by atoms with Crippen molar-refractivity contribution in [3.63, 3.8) is 0 Å². The van der Waals surface area contributed by atoms with Crippen LogP contribution in [-0.2, 0) is 10.1 Å². The van der Waals surface area contributed by atoms with Crippen molar-refractivity contribution in [2.75, 3.05) is 0 Å². The highest BCUT2D eigenvalue weighted by Crippen LogP contribution is 2.33. The van der Waals surface area contributed by atoms with Crippen LogP contribution in [0.15, 0.2) is 120 Å². The van der Waals surface area contributed by atoms with Crippen molar-refractivity contribution >= 4 is 54.3 Å². The number of nitrogens with zero attached hydrogens (tertiary/aromatic N) is 4. The number of fused-ring (bicyclic) bond motifs is 4. The zero-order chi connectivity index (χ0) is 36.7. The van der Waals surface area contributed by atoms with Crippen molar-refractivity contribution in [1.82, 2.24) is 39.9 Å². The third kappa shape index (κ3) is 5.61. The monoisotopic (exact) mass is 726 g/mol. The summed E-state index contributed by atoms with van der Waals surface area (Å²) in [5.74, 6) is 2.53. The number of aryl methyl sites for hydroxylation is 2. The van der Waals surface area contributed by atoms with Crippen molar-refractivity contribution in [2.24, 2.45) is 0 Å². The fraction of sp³-hybridized carbons (Fsp3) is 0.0476. The molecule has 0 radical (unpaired) electrons. The number of hydrogen-bond acceptors (Lipinski definition) is 6. The maximum absolute atomic E-state index is 12.4. The summed E-state index contributed by atoms with van der Waals surface area (Å²) in [4.78, 5) is 32.4. The van der Waals surface area contributed by atoms with Gasteiger partial charge in [0.2, 0.25) is 0 Å². The Balaban J connectivity index is 0.955. The van der Waals surface area contributed by atoms with Crippen LogP contribution in [0.4, 0.5) is 0 Å². The number of rotatable bonds is 6. The van der Waals surface area contributed by atoms with Crippen LogP contribution in [0, 0.1) is 13.8 Å². The minimum atomic E-state index is -4.52. The number of H-pyrrole nitrogens is 4. The lowest BCUT2D eigenvalue weighted by molar-refractivity contribution is 0.483. The van der Waals surface area contributed by atoms with Crippen LogP contribution in [0.1, 0.15) is 11.1 Å². The summed E-state index contributed by atoms with van der Waals surface area (Å²) in [5, 5.41) is 0. The third-order valence-corrected chi connectivity index (χ3v) is 10.6. The summed E-state index contributed by atoms with van der Waals surface area (Å²) >= 11 is 0. The van der Waals surface area contributed by atoms with Crippen molar-refractivity contribution in [3.05, 3.63) is 126 Å². The highest BCUT2D eigenvalue weighted by molar-refractivity contribution is 7.85. The van der Waals surface area contributed by atoms with Gasteiger partial charge in [-0.25, -0.2) is 19.9 Å².